The third-order valence-corrected chi connectivity index (χ3v) is 3.18. The molecule has 0 spiro atoms. The molecule has 0 aliphatic heterocycles. The lowest BCUT2D eigenvalue weighted by Crippen LogP contribution is -1.90. The standard InChI is InChI=1S/CH4BrIOSi/c1-4-5(2)3/h5H,1H3. The number of hydrogen-bond donors (Lipinski definition) is 0. The summed E-state index contributed by atoms with van der Waals surface area (Å²) in [6.07, 6.45) is 0. The lowest BCUT2D eigenvalue weighted by molar-refractivity contribution is 0.454. The minimum Gasteiger partial charge on any atom is -0.405 e. The first-order valence-corrected chi connectivity index (χ1v) is 8.91. The molecule has 0 N–H and O–H groups in total. The number of halogens is 2. The Kier molecular flexibility index (Phi) is 4.56. The summed E-state index contributed by atoms with van der Waals surface area (Å²) in [5, 5.41) is -0.867. The molecule has 0 aromatic carbocycles. The van der Waals surface area contributed by atoms with Gasteiger partial charge in [-0.25, -0.2) is 0 Å². The van der Waals surface area contributed by atoms with Crippen LogP contribution in [0.4, 0.5) is 0 Å². The average Bonchev–Trinajstić information content (AvgIpc) is 1.38. The molecule has 0 radical (unpaired) electrons. The second-order valence-electron chi connectivity index (χ2n) is 0.496. The highest BCUT2D eigenvalue weighted by Crippen LogP contribution is 2.00. The fraction of sp³-hybridized carbons (Fsp3) is 1.00. The SMILES string of the molecule is CO[SiH](Br)I. The molecule has 0 amide bonds. The highest BCUT2D eigenvalue weighted by molar-refractivity contribution is 14.1. The molecule has 5 heavy (non-hydrogen) atoms. The molecule has 1 nitrogen and oxygen atoms in total. The number of hydrogen-bond acceptors (Lipinski definition) is 1. The molecule has 1 unspecified atom stereocenters. The van der Waals surface area contributed by atoms with Crippen molar-refractivity contribution in [1.82, 2.24) is 0 Å². The van der Waals surface area contributed by atoms with Crippen LogP contribution in [-0.4, -0.2) is 12.3 Å². The Morgan fingerprint density at radius 3 is 2.20 bits per heavy atom. The minimum atomic E-state index is -0.867. The van der Waals surface area contributed by atoms with Crippen molar-refractivity contribution >= 4 is 42.2 Å². The van der Waals surface area contributed by atoms with Gasteiger partial charge in [-0.15, -0.1) is 0 Å². The van der Waals surface area contributed by atoms with Crippen LogP contribution < -0.4 is 0 Å². The second-order valence-corrected chi connectivity index (χ2v) is 12.5. The summed E-state index contributed by atoms with van der Waals surface area (Å²) >= 11 is 5.52. The van der Waals surface area contributed by atoms with Gasteiger partial charge in [0.1, 0.15) is 0 Å². The molecule has 0 heterocycles. The Morgan fingerprint density at radius 2 is 2.20 bits per heavy atom. The Balaban J connectivity index is 2.54. The Labute approximate surface area is 53.6 Å². The maximum absolute atomic E-state index is 4.79. The van der Waals surface area contributed by atoms with E-state index in [0.29, 0.717) is 0 Å². The van der Waals surface area contributed by atoms with Gasteiger partial charge in [0.25, 0.3) is 0 Å². The summed E-state index contributed by atoms with van der Waals surface area (Å²) in [6, 6.07) is 0. The molecule has 0 saturated carbocycles. The third-order valence-electron chi connectivity index (χ3n) is 0.178. The van der Waals surface area contributed by atoms with Crippen molar-refractivity contribution in [3.8, 4) is 0 Å². The fourth-order valence-corrected chi connectivity index (χ4v) is 0. The number of rotatable bonds is 1. The van der Waals surface area contributed by atoms with Crippen LogP contribution in [0.1, 0.15) is 0 Å². The van der Waals surface area contributed by atoms with E-state index in [4.69, 9.17) is 4.43 Å². The summed E-state index contributed by atoms with van der Waals surface area (Å²) in [5.41, 5.74) is 0. The fourth-order valence-electron chi connectivity index (χ4n) is 0. The van der Waals surface area contributed by atoms with Crippen LogP contribution in [0.3, 0.4) is 0 Å². The molecular formula is CH4BrIOSi. The quantitative estimate of drug-likeness (QED) is 0.394. The molecule has 32 valence electrons. The van der Waals surface area contributed by atoms with E-state index in [1.807, 2.05) is 0 Å². The molecule has 1 atom stereocenters. The maximum atomic E-state index is 4.79. The van der Waals surface area contributed by atoms with Gasteiger partial charge in [-0.05, 0) is 0 Å². The molecule has 0 aliphatic rings. The predicted octanol–water partition coefficient (Wildman–Crippen LogP) is 1.18. The molecule has 0 saturated heterocycles. The van der Waals surface area contributed by atoms with Crippen LogP contribution in [-0.2, 0) is 4.43 Å². The van der Waals surface area contributed by atoms with Crippen molar-refractivity contribution < 1.29 is 4.43 Å². The van der Waals surface area contributed by atoms with Crippen LogP contribution in [0.2, 0.25) is 0 Å². The van der Waals surface area contributed by atoms with Gasteiger partial charge in [0, 0.05) is 7.11 Å². The lowest BCUT2D eigenvalue weighted by atomic mass is 11.8. The summed E-state index contributed by atoms with van der Waals surface area (Å²) in [6.45, 7) is 0. The van der Waals surface area contributed by atoms with Gasteiger partial charge < -0.3 is 4.43 Å². The van der Waals surface area contributed by atoms with E-state index in [2.05, 4.69) is 37.1 Å². The van der Waals surface area contributed by atoms with E-state index in [0.717, 1.165) is 0 Å². The zero-order chi connectivity index (χ0) is 4.28. The van der Waals surface area contributed by atoms with Crippen LogP contribution in [0, 0.1) is 0 Å². The van der Waals surface area contributed by atoms with E-state index in [9.17, 15) is 0 Å². The Morgan fingerprint density at radius 1 is 2.00 bits per heavy atom. The average molecular weight is 267 g/mol. The summed E-state index contributed by atoms with van der Waals surface area (Å²) in [5.74, 6) is 0. The van der Waals surface area contributed by atoms with Crippen molar-refractivity contribution in [2.24, 2.45) is 0 Å². The summed E-state index contributed by atoms with van der Waals surface area (Å²) in [7, 11) is 1.71. The van der Waals surface area contributed by atoms with Crippen LogP contribution in [0.15, 0.2) is 0 Å². The zero-order valence-electron chi connectivity index (χ0n) is 2.74. The van der Waals surface area contributed by atoms with Crippen molar-refractivity contribution in [3.63, 3.8) is 0 Å². The molecule has 0 bridgehead atoms. The van der Waals surface area contributed by atoms with Crippen molar-refractivity contribution in [3.05, 3.63) is 0 Å². The van der Waals surface area contributed by atoms with Gasteiger partial charge >= 0.3 is 5.16 Å². The zero-order valence-corrected chi connectivity index (χ0v) is 7.64. The monoisotopic (exact) mass is 266 g/mol. The molecular weight excluding hydrogens is 263 g/mol. The van der Waals surface area contributed by atoms with E-state index in [1.165, 1.54) is 0 Å². The van der Waals surface area contributed by atoms with Crippen LogP contribution in [0.25, 0.3) is 0 Å². The van der Waals surface area contributed by atoms with Gasteiger partial charge in [-0.3, -0.25) is 0 Å². The summed E-state index contributed by atoms with van der Waals surface area (Å²) in [4.78, 5) is 0. The first-order chi connectivity index (χ1) is 2.27. The van der Waals surface area contributed by atoms with Gasteiger partial charge in [0.2, 0.25) is 0 Å². The molecule has 4 heteroatoms. The van der Waals surface area contributed by atoms with Crippen molar-refractivity contribution in [2.75, 3.05) is 7.11 Å². The van der Waals surface area contributed by atoms with E-state index in [1.54, 1.807) is 7.11 Å². The molecule has 0 aromatic rings. The smallest absolute Gasteiger partial charge is 0.314 e. The predicted molar refractivity (Wildman–Crippen MR) is 37.1 cm³/mol. The lowest BCUT2D eigenvalue weighted by Gasteiger charge is -1.87. The first-order valence-electron chi connectivity index (χ1n) is 1.08. The Bertz CT molecular complexity index is 25.6. The highest BCUT2D eigenvalue weighted by atomic mass is 127. The topological polar surface area (TPSA) is 9.23 Å². The minimum absolute atomic E-state index is 0.867. The molecule has 0 rings (SSSR count). The maximum Gasteiger partial charge on any atom is 0.314 e. The summed E-state index contributed by atoms with van der Waals surface area (Å²) < 4.78 is 4.79. The Hall–Kier alpha value is 1.39. The largest absolute Gasteiger partial charge is 0.405 e. The molecule has 0 fully saturated rings. The van der Waals surface area contributed by atoms with Gasteiger partial charge in [-0.1, -0.05) is 37.1 Å². The van der Waals surface area contributed by atoms with Gasteiger partial charge in [0.05, 0.1) is 0 Å². The van der Waals surface area contributed by atoms with Crippen molar-refractivity contribution in [2.45, 2.75) is 0 Å². The van der Waals surface area contributed by atoms with E-state index < -0.39 is 5.16 Å². The third kappa shape index (κ3) is 5.39. The van der Waals surface area contributed by atoms with Crippen molar-refractivity contribution in [1.29, 1.82) is 0 Å². The first kappa shape index (κ1) is 6.39. The molecule has 0 aliphatic carbocycles. The molecule has 0 aromatic heterocycles. The van der Waals surface area contributed by atoms with E-state index >= 15 is 0 Å². The van der Waals surface area contributed by atoms with Crippen LogP contribution in [0.5, 0.6) is 0 Å². The van der Waals surface area contributed by atoms with Crippen LogP contribution >= 0.6 is 37.1 Å². The highest BCUT2D eigenvalue weighted by Gasteiger charge is 1.90. The second kappa shape index (κ2) is 3.57. The van der Waals surface area contributed by atoms with Gasteiger partial charge in [-0.2, -0.15) is 0 Å². The normalized spacial score (nSPS) is 15.0. The van der Waals surface area contributed by atoms with Gasteiger partial charge in [0.15, 0.2) is 0 Å². The van der Waals surface area contributed by atoms with E-state index in [-0.39, 0.29) is 0 Å².